The molecule has 1 aromatic heterocycles. The SMILES string of the molecule is COC(=O)Cc1cc(C(F)F)nc(F)c1I. The molecule has 1 rings (SSSR count). The van der Waals surface area contributed by atoms with Crippen molar-refractivity contribution in [1.29, 1.82) is 0 Å². The predicted octanol–water partition coefficient (Wildman–Crippen LogP) is 2.48. The topological polar surface area (TPSA) is 39.2 Å². The van der Waals surface area contributed by atoms with Gasteiger partial charge in [-0.15, -0.1) is 0 Å². The third kappa shape index (κ3) is 3.06. The molecule has 1 heterocycles. The number of carbonyl (C=O) groups excluding carboxylic acids is 1. The van der Waals surface area contributed by atoms with Gasteiger partial charge in [-0.3, -0.25) is 4.79 Å². The van der Waals surface area contributed by atoms with Gasteiger partial charge in [0.25, 0.3) is 6.43 Å². The number of aromatic nitrogens is 1. The van der Waals surface area contributed by atoms with Crippen LogP contribution < -0.4 is 0 Å². The summed E-state index contributed by atoms with van der Waals surface area (Å²) in [6, 6.07) is 1.01. The number of rotatable bonds is 3. The summed E-state index contributed by atoms with van der Waals surface area (Å²) in [6.45, 7) is 0. The zero-order valence-electron chi connectivity index (χ0n) is 8.14. The molecule has 0 N–H and O–H groups in total. The van der Waals surface area contributed by atoms with Gasteiger partial charge < -0.3 is 4.74 Å². The van der Waals surface area contributed by atoms with E-state index in [0.29, 0.717) is 0 Å². The molecule has 0 aliphatic heterocycles. The summed E-state index contributed by atoms with van der Waals surface area (Å²) in [7, 11) is 1.17. The first-order valence-electron chi connectivity index (χ1n) is 4.15. The van der Waals surface area contributed by atoms with E-state index < -0.39 is 24.0 Å². The molecule has 3 nitrogen and oxygen atoms in total. The fraction of sp³-hybridized carbons (Fsp3) is 0.333. The normalized spacial score (nSPS) is 10.6. The molecule has 0 aromatic carbocycles. The van der Waals surface area contributed by atoms with Crippen LogP contribution in [0.5, 0.6) is 0 Å². The summed E-state index contributed by atoms with van der Waals surface area (Å²) < 4.78 is 42.2. The Morgan fingerprint density at radius 2 is 2.25 bits per heavy atom. The van der Waals surface area contributed by atoms with Gasteiger partial charge in [0.1, 0.15) is 5.69 Å². The summed E-state index contributed by atoms with van der Waals surface area (Å²) in [6.07, 6.45) is -3.13. The predicted molar refractivity (Wildman–Crippen MR) is 57.6 cm³/mol. The van der Waals surface area contributed by atoms with E-state index in [9.17, 15) is 18.0 Å². The van der Waals surface area contributed by atoms with Crippen LogP contribution in [-0.2, 0) is 16.0 Å². The lowest BCUT2D eigenvalue weighted by atomic mass is 10.1. The number of methoxy groups -OCH3 is 1. The highest BCUT2D eigenvalue weighted by atomic mass is 127. The van der Waals surface area contributed by atoms with Gasteiger partial charge in [0.15, 0.2) is 0 Å². The number of alkyl halides is 2. The molecule has 0 radical (unpaired) electrons. The molecule has 0 aliphatic rings. The molecule has 0 fully saturated rings. The van der Waals surface area contributed by atoms with E-state index >= 15 is 0 Å². The molecule has 1 aromatic rings. The molecule has 0 saturated heterocycles. The molecule has 0 atom stereocenters. The summed E-state index contributed by atoms with van der Waals surface area (Å²) in [5, 5.41) is 0. The van der Waals surface area contributed by atoms with Gasteiger partial charge >= 0.3 is 5.97 Å². The molecule has 7 heteroatoms. The van der Waals surface area contributed by atoms with E-state index in [1.807, 2.05) is 0 Å². The minimum Gasteiger partial charge on any atom is -0.469 e. The maximum absolute atomic E-state index is 13.2. The number of esters is 1. The van der Waals surface area contributed by atoms with Crippen LogP contribution in [0.3, 0.4) is 0 Å². The Balaban J connectivity index is 3.11. The Morgan fingerprint density at radius 3 is 2.75 bits per heavy atom. The first-order valence-corrected chi connectivity index (χ1v) is 5.23. The Bertz CT molecular complexity index is 412. The zero-order chi connectivity index (χ0) is 12.3. The Kier molecular flexibility index (Phi) is 4.51. The van der Waals surface area contributed by atoms with E-state index in [-0.39, 0.29) is 15.6 Å². The van der Waals surface area contributed by atoms with Crippen LogP contribution in [0.1, 0.15) is 17.7 Å². The third-order valence-electron chi connectivity index (χ3n) is 1.80. The van der Waals surface area contributed by atoms with E-state index in [1.54, 1.807) is 22.6 Å². The van der Waals surface area contributed by atoms with Crippen molar-refractivity contribution in [1.82, 2.24) is 4.98 Å². The van der Waals surface area contributed by atoms with E-state index in [0.717, 1.165) is 6.07 Å². The summed E-state index contributed by atoms with van der Waals surface area (Å²) >= 11 is 1.60. The van der Waals surface area contributed by atoms with Crippen molar-refractivity contribution in [3.05, 3.63) is 26.8 Å². The molecule has 88 valence electrons. The van der Waals surface area contributed by atoms with Crippen LogP contribution in [-0.4, -0.2) is 18.1 Å². The largest absolute Gasteiger partial charge is 0.469 e. The Labute approximate surface area is 103 Å². The Hall–Kier alpha value is -0.860. The van der Waals surface area contributed by atoms with Crippen molar-refractivity contribution >= 4 is 28.6 Å². The number of ether oxygens (including phenoxy) is 1. The van der Waals surface area contributed by atoms with Gasteiger partial charge in [-0.2, -0.15) is 4.39 Å². The van der Waals surface area contributed by atoms with Crippen LogP contribution in [0.25, 0.3) is 0 Å². The second kappa shape index (κ2) is 5.46. The lowest BCUT2D eigenvalue weighted by Crippen LogP contribution is -2.09. The molecule has 0 aliphatic carbocycles. The monoisotopic (exact) mass is 345 g/mol. The lowest BCUT2D eigenvalue weighted by molar-refractivity contribution is -0.139. The van der Waals surface area contributed by atoms with Gasteiger partial charge in [-0.05, 0) is 34.2 Å². The smallest absolute Gasteiger partial charge is 0.310 e. The molecule has 16 heavy (non-hydrogen) atoms. The number of hydrogen-bond acceptors (Lipinski definition) is 3. The number of halogens is 4. The molecule has 0 amide bonds. The van der Waals surface area contributed by atoms with Crippen LogP contribution in [0.4, 0.5) is 13.2 Å². The van der Waals surface area contributed by atoms with Gasteiger partial charge in [-0.1, -0.05) is 0 Å². The van der Waals surface area contributed by atoms with Crippen molar-refractivity contribution in [2.45, 2.75) is 12.8 Å². The fourth-order valence-corrected chi connectivity index (χ4v) is 1.50. The van der Waals surface area contributed by atoms with E-state index in [4.69, 9.17) is 0 Å². The van der Waals surface area contributed by atoms with Gasteiger partial charge in [-0.25, -0.2) is 13.8 Å². The zero-order valence-corrected chi connectivity index (χ0v) is 10.3. The number of nitrogens with zero attached hydrogens (tertiary/aromatic N) is 1. The highest BCUT2D eigenvalue weighted by molar-refractivity contribution is 14.1. The molecule has 0 bridgehead atoms. The van der Waals surface area contributed by atoms with Gasteiger partial charge in [0.2, 0.25) is 5.95 Å². The second-order valence-electron chi connectivity index (χ2n) is 2.86. The minimum atomic E-state index is -2.87. The molecule has 0 spiro atoms. The lowest BCUT2D eigenvalue weighted by Gasteiger charge is -2.07. The van der Waals surface area contributed by atoms with Gasteiger partial charge in [0, 0.05) is 0 Å². The van der Waals surface area contributed by atoms with E-state index in [2.05, 4.69) is 9.72 Å². The van der Waals surface area contributed by atoms with Crippen LogP contribution >= 0.6 is 22.6 Å². The Morgan fingerprint density at radius 1 is 1.62 bits per heavy atom. The van der Waals surface area contributed by atoms with Crippen molar-refractivity contribution < 1.29 is 22.7 Å². The van der Waals surface area contributed by atoms with Crippen molar-refractivity contribution in [2.24, 2.45) is 0 Å². The highest BCUT2D eigenvalue weighted by Crippen LogP contribution is 2.23. The number of pyridine rings is 1. The average molecular weight is 345 g/mol. The van der Waals surface area contributed by atoms with Crippen LogP contribution in [0.15, 0.2) is 6.07 Å². The minimum absolute atomic E-state index is 0.0485. The standard InChI is InChI=1S/C9H7F3INO2/c1-16-6(15)3-4-2-5(8(10)11)14-9(12)7(4)13/h2,8H,3H2,1H3. The highest BCUT2D eigenvalue weighted by Gasteiger charge is 2.17. The average Bonchev–Trinajstić information content (AvgIpc) is 2.23. The summed E-state index contributed by atoms with van der Waals surface area (Å²) in [5.41, 5.74) is -0.535. The summed E-state index contributed by atoms with van der Waals surface area (Å²) in [5.74, 6) is -1.62. The molecule has 0 unspecified atom stereocenters. The first kappa shape index (κ1) is 13.2. The quantitative estimate of drug-likeness (QED) is 0.480. The molecule has 0 saturated carbocycles. The van der Waals surface area contributed by atoms with Crippen molar-refractivity contribution in [2.75, 3.05) is 7.11 Å². The number of carbonyl (C=O) groups is 1. The fourth-order valence-electron chi connectivity index (χ4n) is 1.04. The maximum Gasteiger partial charge on any atom is 0.310 e. The van der Waals surface area contributed by atoms with Crippen LogP contribution in [0.2, 0.25) is 0 Å². The van der Waals surface area contributed by atoms with Crippen LogP contribution in [0, 0.1) is 9.52 Å². The van der Waals surface area contributed by atoms with Gasteiger partial charge in [0.05, 0.1) is 17.1 Å². The maximum atomic E-state index is 13.2. The number of hydrogen-bond donors (Lipinski definition) is 0. The molecular formula is C9H7F3INO2. The second-order valence-corrected chi connectivity index (χ2v) is 3.94. The first-order chi connectivity index (χ1) is 7.45. The van der Waals surface area contributed by atoms with E-state index in [1.165, 1.54) is 7.11 Å². The third-order valence-corrected chi connectivity index (χ3v) is 2.94. The van der Waals surface area contributed by atoms with Crippen molar-refractivity contribution in [3.63, 3.8) is 0 Å². The molecular weight excluding hydrogens is 338 g/mol. The summed E-state index contributed by atoms with van der Waals surface area (Å²) in [4.78, 5) is 14.1. The van der Waals surface area contributed by atoms with Crippen molar-refractivity contribution in [3.8, 4) is 0 Å².